The molecular formula is C30H51N5O6S. The van der Waals surface area contributed by atoms with Gasteiger partial charge in [0.15, 0.2) is 0 Å². The standard InChI is InChI=1S/C30H51N5O6S/c1-11-13-14-20(22(36)24(31)37)32-25(38)21-19(3)15-17-35(21)26(39)23(28(4,5)6)33-27(40)34-30(10,16-12-2)18-42(41)29(7,8)9/h1,19-21,23H,12-18H2,2-10H3,(H2,31,37)(H,32,38)(H2,33,34,40)/t19?,20?,21-,23?,30?,42?/m0/s1. The molecule has 0 bridgehead atoms. The Balaban J connectivity index is 3.22. The van der Waals surface area contributed by atoms with Crippen LogP contribution in [0.5, 0.6) is 0 Å². The first-order chi connectivity index (χ1) is 19.2. The van der Waals surface area contributed by atoms with E-state index in [0.29, 0.717) is 12.8 Å². The molecule has 0 aromatic heterocycles. The maximum atomic E-state index is 14.0. The van der Waals surface area contributed by atoms with Crippen LogP contribution >= 0.6 is 0 Å². The lowest BCUT2D eigenvalue weighted by molar-refractivity contribution is -0.144. The Bertz CT molecular complexity index is 1090. The zero-order valence-corrected chi connectivity index (χ0v) is 27.5. The number of hydrogen-bond acceptors (Lipinski definition) is 6. The van der Waals surface area contributed by atoms with Crippen molar-refractivity contribution in [2.45, 2.75) is 123 Å². The molecule has 0 aromatic carbocycles. The molecule has 1 heterocycles. The Kier molecular flexibility index (Phi) is 13.2. The van der Waals surface area contributed by atoms with Crippen molar-refractivity contribution in [3.63, 3.8) is 0 Å². The maximum absolute atomic E-state index is 14.0. The summed E-state index contributed by atoms with van der Waals surface area (Å²) in [6, 6.07) is -3.70. The van der Waals surface area contributed by atoms with E-state index in [0.717, 1.165) is 6.42 Å². The molecule has 5 amide bonds. The molecule has 1 aliphatic rings. The summed E-state index contributed by atoms with van der Waals surface area (Å²) in [6.45, 7) is 17.0. The smallest absolute Gasteiger partial charge is 0.315 e. The third-order valence-electron chi connectivity index (χ3n) is 7.44. The summed E-state index contributed by atoms with van der Waals surface area (Å²) in [7, 11) is -1.22. The zero-order chi connectivity index (χ0) is 32.6. The number of primary amides is 1. The molecule has 1 saturated heterocycles. The summed E-state index contributed by atoms with van der Waals surface area (Å²) in [4.78, 5) is 66.0. The summed E-state index contributed by atoms with van der Waals surface area (Å²) in [6.07, 6.45) is 7.34. The number of carbonyl (C=O) groups is 5. The third kappa shape index (κ3) is 10.4. The number of Topliss-reactive ketones (excluding diaryl/α,β-unsaturated/α-hetero) is 1. The number of nitrogens with zero attached hydrogens (tertiary/aromatic N) is 1. The lowest BCUT2D eigenvalue weighted by atomic mass is 9.85. The number of hydrogen-bond donors (Lipinski definition) is 4. The van der Waals surface area contributed by atoms with Gasteiger partial charge in [0.05, 0.1) is 11.6 Å². The van der Waals surface area contributed by atoms with Crippen LogP contribution in [0, 0.1) is 23.7 Å². The number of amides is 5. The molecule has 5 N–H and O–H groups in total. The molecule has 0 aromatic rings. The minimum absolute atomic E-state index is 0.0297. The molecule has 1 rings (SSSR count). The predicted octanol–water partition coefficient (Wildman–Crippen LogP) is 2.00. The highest BCUT2D eigenvalue weighted by Crippen LogP contribution is 2.29. The van der Waals surface area contributed by atoms with Crippen LogP contribution in [-0.2, 0) is 30.0 Å². The van der Waals surface area contributed by atoms with Crippen molar-refractivity contribution in [2.75, 3.05) is 12.3 Å². The van der Waals surface area contributed by atoms with Crippen LogP contribution in [0.1, 0.15) is 94.4 Å². The van der Waals surface area contributed by atoms with Gasteiger partial charge in [-0.2, -0.15) is 0 Å². The molecule has 42 heavy (non-hydrogen) atoms. The van der Waals surface area contributed by atoms with Crippen molar-refractivity contribution in [3.8, 4) is 12.3 Å². The molecule has 0 spiro atoms. The first-order valence-corrected chi connectivity index (χ1v) is 15.9. The van der Waals surface area contributed by atoms with Crippen LogP contribution in [0.3, 0.4) is 0 Å². The van der Waals surface area contributed by atoms with Gasteiger partial charge in [0.25, 0.3) is 5.91 Å². The molecule has 6 atom stereocenters. The van der Waals surface area contributed by atoms with Crippen molar-refractivity contribution in [3.05, 3.63) is 0 Å². The molecule has 0 aliphatic carbocycles. The van der Waals surface area contributed by atoms with Crippen LogP contribution < -0.4 is 21.7 Å². The Hall–Kier alpha value is -2.94. The number of terminal acetylenes is 1. The predicted molar refractivity (Wildman–Crippen MR) is 164 cm³/mol. The molecule has 5 unspecified atom stereocenters. The number of nitrogens with one attached hydrogen (secondary N) is 3. The third-order valence-corrected chi connectivity index (χ3v) is 9.71. The average molecular weight is 610 g/mol. The highest BCUT2D eigenvalue weighted by Gasteiger charge is 2.46. The van der Waals surface area contributed by atoms with E-state index >= 15 is 0 Å². The first kappa shape index (κ1) is 37.1. The van der Waals surface area contributed by atoms with Crippen molar-refractivity contribution in [1.29, 1.82) is 0 Å². The van der Waals surface area contributed by atoms with E-state index in [1.807, 2.05) is 62.3 Å². The SMILES string of the molecule is C#CCCC(NC(=O)[C@@H]1C(C)CCN1C(=O)C(NC(=O)NC(C)(CCC)CS(=O)C(C)(C)C)C(C)(C)C)C(=O)C(N)=O. The van der Waals surface area contributed by atoms with Crippen molar-refractivity contribution >= 4 is 40.3 Å². The summed E-state index contributed by atoms with van der Waals surface area (Å²) in [5.41, 5.74) is 3.67. The summed E-state index contributed by atoms with van der Waals surface area (Å²) in [5.74, 6) is -0.807. The van der Waals surface area contributed by atoms with E-state index in [-0.39, 0.29) is 31.1 Å². The van der Waals surface area contributed by atoms with Gasteiger partial charge in [-0.3, -0.25) is 23.4 Å². The Morgan fingerprint density at radius 3 is 2.14 bits per heavy atom. The minimum atomic E-state index is -1.22. The summed E-state index contributed by atoms with van der Waals surface area (Å²) >= 11 is 0. The van der Waals surface area contributed by atoms with Gasteiger partial charge in [-0.15, -0.1) is 12.3 Å². The van der Waals surface area contributed by atoms with Crippen LogP contribution in [-0.4, -0.2) is 79.4 Å². The second kappa shape index (κ2) is 15.0. The first-order valence-electron chi connectivity index (χ1n) is 14.5. The monoisotopic (exact) mass is 609 g/mol. The lowest BCUT2D eigenvalue weighted by Crippen LogP contribution is -2.62. The van der Waals surface area contributed by atoms with Gasteiger partial charge in [-0.05, 0) is 58.3 Å². The summed E-state index contributed by atoms with van der Waals surface area (Å²) in [5, 5.41) is 8.37. The van der Waals surface area contributed by atoms with Gasteiger partial charge in [-0.1, -0.05) is 41.0 Å². The molecular weight excluding hydrogens is 558 g/mol. The van der Waals surface area contributed by atoms with Gasteiger partial charge in [0, 0.05) is 34.3 Å². The molecule has 0 radical (unpaired) electrons. The number of urea groups is 1. The average Bonchev–Trinajstić information content (AvgIpc) is 3.24. The second-order valence-electron chi connectivity index (χ2n) is 13.6. The molecule has 1 fully saturated rings. The Morgan fingerprint density at radius 2 is 1.67 bits per heavy atom. The van der Waals surface area contributed by atoms with Gasteiger partial charge in [-0.25, -0.2) is 4.79 Å². The number of rotatable bonds is 13. The van der Waals surface area contributed by atoms with Crippen LogP contribution in [0.15, 0.2) is 0 Å². The van der Waals surface area contributed by atoms with Crippen LogP contribution in [0.25, 0.3) is 0 Å². The van der Waals surface area contributed by atoms with E-state index in [1.165, 1.54) is 4.90 Å². The zero-order valence-electron chi connectivity index (χ0n) is 26.7. The minimum Gasteiger partial charge on any atom is -0.363 e. The quantitative estimate of drug-likeness (QED) is 0.184. The van der Waals surface area contributed by atoms with Crippen molar-refractivity contribution in [1.82, 2.24) is 20.9 Å². The number of ketones is 1. The highest BCUT2D eigenvalue weighted by molar-refractivity contribution is 7.86. The number of nitrogens with two attached hydrogens (primary N) is 1. The topological polar surface area (TPSA) is 168 Å². The van der Waals surface area contributed by atoms with E-state index in [2.05, 4.69) is 21.9 Å². The van der Waals surface area contributed by atoms with E-state index in [4.69, 9.17) is 12.2 Å². The fourth-order valence-electron chi connectivity index (χ4n) is 5.00. The normalized spacial score (nSPS) is 20.8. The number of carbonyl (C=O) groups excluding carboxylic acids is 5. The molecule has 12 heteroatoms. The Morgan fingerprint density at radius 1 is 1.07 bits per heavy atom. The van der Waals surface area contributed by atoms with Crippen LogP contribution in [0.2, 0.25) is 0 Å². The van der Waals surface area contributed by atoms with Gasteiger partial charge >= 0.3 is 6.03 Å². The summed E-state index contributed by atoms with van der Waals surface area (Å²) < 4.78 is 12.5. The molecule has 238 valence electrons. The van der Waals surface area contributed by atoms with Gasteiger partial charge < -0.3 is 26.6 Å². The molecule has 1 aliphatic heterocycles. The van der Waals surface area contributed by atoms with Crippen molar-refractivity contribution in [2.24, 2.45) is 17.1 Å². The molecule has 11 nitrogen and oxygen atoms in total. The highest BCUT2D eigenvalue weighted by atomic mass is 32.2. The number of likely N-dealkylation sites (tertiary alicyclic amines) is 1. The van der Waals surface area contributed by atoms with E-state index in [1.54, 1.807) is 0 Å². The van der Waals surface area contributed by atoms with Crippen molar-refractivity contribution < 1.29 is 28.2 Å². The van der Waals surface area contributed by atoms with Gasteiger partial charge in [0.2, 0.25) is 17.6 Å². The fourth-order valence-corrected chi connectivity index (χ4v) is 6.23. The van der Waals surface area contributed by atoms with Gasteiger partial charge in [0.1, 0.15) is 12.1 Å². The fraction of sp³-hybridized carbons (Fsp3) is 0.767. The largest absolute Gasteiger partial charge is 0.363 e. The Labute approximate surface area is 253 Å². The molecule has 0 saturated carbocycles. The lowest BCUT2D eigenvalue weighted by Gasteiger charge is -2.38. The van der Waals surface area contributed by atoms with E-state index < -0.39 is 74.2 Å². The van der Waals surface area contributed by atoms with E-state index in [9.17, 15) is 28.2 Å². The second-order valence-corrected chi connectivity index (χ2v) is 15.8. The van der Waals surface area contributed by atoms with Crippen LogP contribution in [0.4, 0.5) is 4.79 Å². The maximum Gasteiger partial charge on any atom is 0.315 e.